The molecule has 0 radical (unpaired) electrons. The first-order valence-electron chi connectivity index (χ1n) is 17.7. The number of rotatable bonds is 10. The van der Waals surface area contributed by atoms with E-state index in [1.165, 1.54) is 11.3 Å². The van der Waals surface area contributed by atoms with E-state index < -0.39 is 38.2 Å². The van der Waals surface area contributed by atoms with Gasteiger partial charge in [-0.25, -0.2) is 18.4 Å². The van der Waals surface area contributed by atoms with Crippen molar-refractivity contribution in [2.24, 2.45) is 5.92 Å². The van der Waals surface area contributed by atoms with Gasteiger partial charge in [0.05, 0.1) is 29.7 Å². The molecule has 1 aliphatic heterocycles. The van der Waals surface area contributed by atoms with Gasteiger partial charge in [-0.1, -0.05) is 32.4 Å². The van der Waals surface area contributed by atoms with Crippen LogP contribution in [0.15, 0.2) is 35.7 Å². The van der Waals surface area contributed by atoms with Crippen LogP contribution in [0.1, 0.15) is 95.7 Å². The Hall–Kier alpha value is -4.04. The molecule has 1 aromatic carbocycles. The molecule has 0 spiro atoms. The maximum Gasteiger partial charge on any atom is 0.259 e. The molecular formula is C37H47N5O7S2. The first kappa shape index (κ1) is 36.7. The smallest absolute Gasteiger partial charge is 0.259 e. The van der Waals surface area contributed by atoms with Crippen molar-refractivity contribution in [1.29, 1.82) is 0 Å². The highest BCUT2D eigenvalue weighted by Crippen LogP contribution is 2.47. The second-order valence-electron chi connectivity index (χ2n) is 14.5. The lowest BCUT2D eigenvalue weighted by atomic mass is 10.1. The van der Waals surface area contributed by atoms with Crippen LogP contribution in [-0.4, -0.2) is 66.2 Å². The minimum Gasteiger partial charge on any atom is -0.496 e. The Balaban J connectivity index is 1.25. The third kappa shape index (κ3) is 7.76. The average Bonchev–Trinajstić information content (AvgIpc) is 3.95. The quantitative estimate of drug-likeness (QED) is 0.230. The number of aromatic nitrogens is 2. The fourth-order valence-corrected chi connectivity index (χ4v) is 8.63. The van der Waals surface area contributed by atoms with Gasteiger partial charge in [-0.15, -0.1) is 11.3 Å². The van der Waals surface area contributed by atoms with Crippen LogP contribution in [-0.2, 0) is 24.4 Å². The highest BCUT2D eigenvalue weighted by molar-refractivity contribution is 7.91. The molecule has 2 saturated carbocycles. The number of allylic oxidation sites excluding steroid dienone is 1. The number of hydrogen-bond acceptors (Lipinski definition) is 10. The van der Waals surface area contributed by atoms with Gasteiger partial charge in [0.2, 0.25) is 21.8 Å². The lowest BCUT2D eigenvalue weighted by Gasteiger charge is -2.24. The zero-order chi connectivity index (χ0) is 36.6. The minimum atomic E-state index is -3.93. The monoisotopic (exact) mass is 737 g/mol. The number of carbonyl (C=O) groups excluding carboxylic acids is 3. The lowest BCUT2D eigenvalue weighted by Crippen LogP contribution is -2.57. The topological polar surface area (TPSA) is 166 Å². The van der Waals surface area contributed by atoms with Crippen molar-refractivity contribution in [3.05, 3.63) is 47.0 Å². The molecule has 0 bridgehead atoms. The normalized spacial score (nSPS) is 23.5. The molecule has 274 valence electrons. The molecule has 2 fully saturated rings. The molecule has 3 N–H and O–H groups in total. The maximum atomic E-state index is 14.0. The van der Waals surface area contributed by atoms with Crippen LogP contribution in [0.4, 0.5) is 0 Å². The van der Waals surface area contributed by atoms with Gasteiger partial charge in [0.15, 0.2) is 0 Å². The highest BCUT2D eigenvalue weighted by atomic mass is 32.2. The highest BCUT2D eigenvalue weighted by Gasteiger charge is 2.62. The number of fused-ring (bicyclic) bond motifs is 2. The van der Waals surface area contributed by atoms with Gasteiger partial charge in [0.25, 0.3) is 5.91 Å². The molecular weight excluding hydrogens is 691 g/mol. The fourth-order valence-electron chi connectivity index (χ4n) is 6.38. The number of amides is 3. The maximum absolute atomic E-state index is 14.0. The fraction of sp³-hybridized carbons (Fsp3) is 0.541. The van der Waals surface area contributed by atoms with E-state index in [1.807, 2.05) is 42.7 Å². The number of nitrogens with one attached hydrogen (secondary N) is 3. The molecule has 3 aromatic rings. The number of carbonyl (C=O) groups is 3. The van der Waals surface area contributed by atoms with Crippen LogP contribution >= 0.6 is 11.3 Å². The molecule has 2 aliphatic carbocycles. The predicted molar refractivity (Wildman–Crippen MR) is 196 cm³/mol. The number of nitrogens with zero attached hydrogens (tertiary/aromatic N) is 2. The van der Waals surface area contributed by atoms with E-state index in [-0.39, 0.29) is 43.6 Å². The summed E-state index contributed by atoms with van der Waals surface area (Å²) in [4.78, 5) is 50.4. The summed E-state index contributed by atoms with van der Waals surface area (Å²) in [6.07, 6.45) is 8.56. The molecule has 51 heavy (non-hydrogen) atoms. The third-order valence-electron chi connectivity index (χ3n) is 10.3. The summed E-state index contributed by atoms with van der Waals surface area (Å²) < 4.78 is 39.2. The number of methoxy groups -OCH3 is 1. The van der Waals surface area contributed by atoms with E-state index in [9.17, 15) is 22.8 Å². The number of thiazole rings is 1. The summed E-state index contributed by atoms with van der Waals surface area (Å²) in [6.45, 7) is 7.75. The summed E-state index contributed by atoms with van der Waals surface area (Å²) >= 11 is 1.50. The second-order valence-corrected chi connectivity index (χ2v) is 17.5. The van der Waals surface area contributed by atoms with Gasteiger partial charge >= 0.3 is 0 Å². The van der Waals surface area contributed by atoms with Crippen LogP contribution in [0, 0.1) is 12.8 Å². The van der Waals surface area contributed by atoms with Gasteiger partial charge in [0.1, 0.15) is 33.8 Å². The number of pyridine rings is 1. The van der Waals surface area contributed by atoms with Crippen molar-refractivity contribution >= 4 is 50.0 Å². The van der Waals surface area contributed by atoms with Crippen molar-refractivity contribution in [2.75, 3.05) is 13.7 Å². The van der Waals surface area contributed by atoms with Crippen molar-refractivity contribution in [3.8, 4) is 22.2 Å². The Morgan fingerprint density at radius 2 is 1.92 bits per heavy atom. The lowest BCUT2D eigenvalue weighted by molar-refractivity contribution is -0.132. The molecule has 0 saturated heterocycles. The van der Waals surface area contributed by atoms with Gasteiger partial charge in [0, 0.05) is 41.2 Å². The molecule has 3 atom stereocenters. The predicted octanol–water partition coefficient (Wildman–Crippen LogP) is 5.45. The van der Waals surface area contributed by atoms with Gasteiger partial charge in [-0.3, -0.25) is 19.1 Å². The Labute approximate surface area is 303 Å². The zero-order valence-corrected chi connectivity index (χ0v) is 31.5. The molecule has 0 unspecified atom stereocenters. The summed E-state index contributed by atoms with van der Waals surface area (Å²) in [5.74, 6) is -0.496. The first-order valence-corrected chi connectivity index (χ1v) is 20.0. The Kier molecular flexibility index (Phi) is 10.5. The van der Waals surface area contributed by atoms with Crippen LogP contribution in [0.5, 0.6) is 11.5 Å². The van der Waals surface area contributed by atoms with Crippen LogP contribution in [0.25, 0.3) is 21.6 Å². The van der Waals surface area contributed by atoms with Gasteiger partial charge < -0.3 is 20.1 Å². The molecule has 2 aromatic heterocycles. The van der Waals surface area contributed by atoms with Crippen LogP contribution in [0.2, 0.25) is 0 Å². The Bertz CT molecular complexity index is 1970. The molecule has 3 amide bonds. The standard InChI is InChI=1S/C37H47N5O7S2/c1-22(2)28-21-50-34(40-28)27-19-30(25-13-14-29(48-5)23(3)32(25)39-27)49-18-15-26-33(44)41-37(35(45)42-51(46,47)36(4)16-17-36)20-24(37)11-9-7-6-8-10-12-31(43)38-26/h9,11,13-14,19,21-22,24,26H,6-8,10,12,15-18,20H2,1-5H3,(H,38,43)(H,41,44)(H,42,45)/t24-,26+,37-/m1/s1. The summed E-state index contributed by atoms with van der Waals surface area (Å²) in [5.41, 5.74) is 1.72. The summed E-state index contributed by atoms with van der Waals surface area (Å²) in [7, 11) is -2.32. The largest absolute Gasteiger partial charge is 0.496 e. The van der Waals surface area contributed by atoms with E-state index in [2.05, 4.69) is 29.2 Å². The first-order chi connectivity index (χ1) is 24.3. The molecule has 6 rings (SSSR count). The molecule has 14 heteroatoms. The van der Waals surface area contributed by atoms with Gasteiger partial charge in [-0.05, 0) is 70.4 Å². The third-order valence-corrected chi connectivity index (χ3v) is 13.3. The van der Waals surface area contributed by atoms with Crippen molar-refractivity contribution < 1.29 is 32.3 Å². The number of sulfonamides is 1. The van der Waals surface area contributed by atoms with Crippen LogP contribution in [0.3, 0.4) is 0 Å². The number of hydrogen-bond donors (Lipinski definition) is 3. The summed E-state index contributed by atoms with van der Waals surface area (Å²) in [6, 6.07) is 4.54. The number of ether oxygens (including phenoxy) is 2. The van der Waals surface area contributed by atoms with Crippen molar-refractivity contribution in [3.63, 3.8) is 0 Å². The second kappa shape index (κ2) is 14.5. The van der Waals surface area contributed by atoms with E-state index in [0.29, 0.717) is 42.0 Å². The number of aryl methyl sites for hydroxylation is 1. The van der Waals surface area contributed by atoms with E-state index >= 15 is 0 Å². The van der Waals surface area contributed by atoms with Crippen molar-refractivity contribution in [1.82, 2.24) is 25.3 Å². The SMILES string of the molecule is COc1ccc2c(OCC[C@@H]3NC(=O)CCCCCC=C[C@@H]4C[C@@]4(C(=O)NS(=O)(=O)C4(C)CC4)NC3=O)cc(-c3nc(C(C)C)cs3)nc2c1C. The van der Waals surface area contributed by atoms with Crippen molar-refractivity contribution in [2.45, 2.75) is 108 Å². The van der Waals surface area contributed by atoms with E-state index in [1.54, 1.807) is 14.0 Å². The zero-order valence-electron chi connectivity index (χ0n) is 29.8. The molecule has 3 heterocycles. The van der Waals surface area contributed by atoms with Gasteiger partial charge in [-0.2, -0.15) is 0 Å². The summed E-state index contributed by atoms with van der Waals surface area (Å²) in [5, 5.41) is 9.25. The Morgan fingerprint density at radius 3 is 2.63 bits per heavy atom. The number of benzene rings is 1. The van der Waals surface area contributed by atoms with E-state index in [0.717, 1.165) is 40.9 Å². The average molecular weight is 738 g/mol. The molecule has 3 aliphatic rings. The Morgan fingerprint density at radius 1 is 1.14 bits per heavy atom. The van der Waals surface area contributed by atoms with E-state index in [4.69, 9.17) is 19.4 Å². The van der Waals surface area contributed by atoms with Crippen LogP contribution < -0.4 is 24.8 Å². The minimum absolute atomic E-state index is 0.0480. The molecule has 12 nitrogen and oxygen atoms in total.